The second kappa shape index (κ2) is 14.2. The van der Waals surface area contributed by atoms with Crippen LogP contribution in [0.25, 0.3) is 0 Å². The minimum atomic E-state index is -4.37. The molecule has 0 saturated heterocycles. The number of carbonyl (C=O) groups excluding carboxylic acids is 1. The van der Waals surface area contributed by atoms with Crippen molar-refractivity contribution in [3.05, 3.63) is 63.4 Å². The maximum atomic E-state index is 13.9. The first-order chi connectivity index (χ1) is 18.4. The van der Waals surface area contributed by atoms with Gasteiger partial charge in [0.15, 0.2) is 0 Å². The lowest BCUT2D eigenvalue weighted by atomic mass is 10.0. The van der Waals surface area contributed by atoms with Gasteiger partial charge in [-0.15, -0.1) is 6.42 Å². The van der Waals surface area contributed by atoms with E-state index in [0.717, 1.165) is 19.4 Å². The van der Waals surface area contributed by atoms with Crippen LogP contribution in [-0.2, 0) is 29.1 Å². The number of ether oxygens (including phenoxy) is 2. The summed E-state index contributed by atoms with van der Waals surface area (Å²) >= 11 is 0. The number of para-hydroxylation sites is 1. The summed E-state index contributed by atoms with van der Waals surface area (Å²) in [5.74, 6) is 1.40. The van der Waals surface area contributed by atoms with Crippen molar-refractivity contribution in [1.29, 1.82) is 0 Å². The normalized spacial score (nSPS) is 16.8. The van der Waals surface area contributed by atoms with Crippen LogP contribution in [0.4, 0.5) is 0 Å². The molecule has 214 valence electrons. The molecule has 0 bridgehead atoms. The van der Waals surface area contributed by atoms with E-state index in [1.165, 1.54) is 12.1 Å². The molecule has 0 spiro atoms. The summed E-state index contributed by atoms with van der Waals surface area (Å²) < 4.78 is 36.1. The highest BCUT2D eigenvalue weighted by atomic mass is 31.2. The van der Waals surface area contributed by atoms with Crippen LogP contribution in [0.2, 0.25) is 0 Å². The zero-order valence-electron chi connectivity index (χ0n) is 22.1. The van der Waals surface area contributed by atoms with E-state index in [0.29, 0.717) is 11.0 Å². The lowest BCUT2D eigenvalue weighted by Gasteiger charge is -2.34. The number of benzene rings is 1. The number of hydrogen-bond donors (Lipinski definition) is 4. The lowest BCUT2D eigenvalue weighted by molar-refractivity contribution is -0.154. The molecule has 0 fully saturated rings. The number of aromatic amines is 1. The highest BCUT2D eigenvalue weighted by molar-refractivity contribution is 7.52. The Labute approximate surface area is 225 Å². The number of nitrogens with one attached hydrogen (secondary N) is 2. The number of nitrogens with zero attached hydrogens (tertiary/aromatic N) is 1. The van der Waals surface area contributed by atoms with E-state index in [4.69, 9.17) is 24.9 Å². The smallest absolute Gasteiger partial charge is 0.459 e. The molecule has 0 amide bonds. The Hall–Kier alpha value is -3.24. The quantitative estimate of drug-likeness (QED) is 0.138. The van der Waals surface area contributed by atoms with Crippen LogP contribution in [0.15, 0.2) is 52.2 Å². The lowest BCUT2D eigenvalue weighted by Crippen LogP contribution is -2.56. The number of aliphatic hydroxyl groups is 2. The maximum Gasteiger partial charge on any atom is 0.459 e. The minimum absolute atomic E-state index is 0.148. The standard InChI is InChI=1S/C25H34N3O10P/c1-6-11-19(23(31)37-17(3)4)27-39(34,38-18-12-9-8-10-13-18)36-16-20(35-5)22(30)25(33,7-2)28-15-14-21(29)26-24(28)32/h2,8-10,12-15,17,19-20,22,30,33H,6,11,16H2,1,3-5H3,(H,27,34)(H,26,29,32)/t19-,20+,22+,25+,39?/m0/s1. The summed E-state index contributed by atoms with van der Waals surface area (Å²) in [6.07, 6.45) is 3.17. The number of aromatic nitrogens is 2. The third-order valence-electron chi connectivity index (χ3n) is 5.38. The van der Waals surface area contributed by atoms with Crippen molar-refractivity contribution in [1.82, 2.24) is 14.6 Å². The van der Waals surface area contributed by atoms with Gasteiger partial charge in [0.05, 0.1) is 12.7 Å². The van der Waals surface area contributed by atoms with Crippen molar-refractivity contribution in [2.24, 2.45) is 0 Å². The van der Waals surface area contributed by atoms with Crippen molar-refractivity contribution < 1.29 is 38.1 Å². The zero-order chi connectivity index (χ0) is 29.2. The van der Waals surface area contributed by atoms with E-state index in [1.54, 1.807) is 32.0 Å². The summed E-state index contributed by atoms with van der Waals surface area (Å²) in [6, 6.07) is 7.86. The van der Waals surface area contributed by atoms with Gasteiger partial charge in [0.2, 0.25) is 5.72 Å². The van der Waals surface area contributed by atoms with Gasteiger partial charge in [-0.25, -0.2) is 9.36 Å². The molecular weight excluding hydrogens is 533 g/mol. The van der Waals surface area contributed by atoms with Crippen molar-refractivity contribution in [3.63, 3.8) is 0 Å². The molecule has 14 heteroatoms. The third kappa shape index (κ3) is 8.63. The first kappa shape index (κ1) is 32.0. The Bertz CT molecular complexity index is 1290. The summed E-state index contributed by atoms with van der Waals surface area (Å²) in [7, 11) is -3.22. The molecule has 2 rings (SSSR count). The van der Waals surface area contributed by atoms with Crippen LogP contribution in [0.1, 0.15) is 33.6 Å². The number of rotatable bonds is 15. The third-order valence-corrected chi connectivity index (χ3v) is 6.94. The van der Waals surface area contributed by atoms with E-state index >= 15 is 0 Å². The van der Waals surface area contributed by atoms with Crippen LogP contribution in [0, 0.1) is 12.3 Å². The fourth-order valence-electron chi connectivity index (χ4n) is 3.44. The predicted octanol–water partition coefficient (Wildman–Crippen LogP) is 1.10. The summed E-state index contributed by atoms with van der Waals surface area (Å²) in [5.41, 5.74) is -4.54. The Kier molecular flexibility index (Phi) is 11.7. The van der Waals surface area contributed by atoms with Crippen LogP contribution in [0.5, 0.6) is 5.75 Å². The van der Waals surface area contributed by atoms with Gasteiger partial charge >= 0.3 is 19.4 Å². The first-order valence-corrected chi connectivity index (χ1v) is 13.6. The topological polar surface area (TPSA) is 178 Å². The van der Waals surface area contributed by atoms with Crippen molar-refractivity contribution in [2.45, 2.75) is 63.7 Å². The second-order valence-electron chi connectivity index (χ2n) is 8.72. The summed E-state index contributed by atoms with van der Waals surface area (Å²) in [4.78, 5) is 38.3. The minimum Gasteiger partial charge on any atom is -0.462 e. The number of hydrogen-bond acceptors (Lipinski definition) is 10. The average Bonchev–Trinajstić information content (AvgIpc) is 2.88. The molecule has 0 aliphatic carbocycles. The number of methoxy groups -OCH3 is 1. The highest BCUT2D eigenvalue weighted by Gasteiger charge is 2.44. The molecule has 0 aliphatic heterocycles. The van der Waals surface area contributed by atoms with Crippen LogP contribution in [0.3, 0.4) is 0 Å². The number of carbonyl (C=O) groups is 1. The van der Waals surface area contributed by atoms with Crippen LogP contribution in [-0.4, -0.2) is 63.8 Å². The molecule has 39 heavy (non-hydrogen) atoms. The maximum absolute atomic E-state index is 13.9. The average molecular weight is 568 g/mol. The van der Waals surface area contributed by atoms with E-state index in [2.05, 4.69) is 5.09 Å². The van der Waals surface area contributed by atoms with Crippen molar-refractivity contribution >= 4 is 13.7 Å². The molecule has 2 aromatic rings. The molecule has 0 radical (unpaired) electrons. The largest absolute Gasteiger partial charge is 0.462 e. The SMILES string of the molecule is C#C[C@@](O)([C@H](O)[C@@H](COP(=O)(N[C@@H](CCC)C(=O)OC(C)C)Oc1ccccc1)OC)n1ccc(=O)[nH]c1=O. The zero-order valence-corrected chi connectivity index (χ0v) is 23.0. The molecule has 1 heterocycles. The summed E-state index contributed by atoms with van der Waals surface area (Å²) in [6.45, 7) is 4.47. The Morgan fingerprint density at radius 1 is 1.26 bits per heavy atom. The second-order valence-corrected chi connectivity index (χ2v) is 10.4. The molecule has 0 saturated carbocycles. The Balaban J connectivity index is 2.37. The Morgan fingerprint density at radius 3 is 2.46 bits per heavy atom. The van der Waals surface area contributed by atoms with Gasteiger partial charge in [-0.1, -0.05) is 31.5 Å². The molecule has 13 nitrogen and oxygen atoms in total. The fourth-order valence-corrected chi connectivity index (χ4v) is 4.98. The molecule has 4 N–H and O–H groups in total. The number of H-pyrrole nitrogens is 1. The van der Waals surface area contributed by atoms with Gasteiger partial charge in [0, 0.05) is 19.4 Å². The molecule has 1 unspecified atom stereocenters. The number of terminal acetylenes is 1. The number of esters is 1. The van der Waals surface area contributed by atoms with E-state index in [-0.39, 0.29) is 12.2 Å². The molecule has 0 aliphatic rings. The van der Waals surface area contributed by atoms with Crippen molar-refractivity contribution in [3.8, 4) is 18.1 Å². The van der Waals surface area contributed by atoms with Gasteiger partial charge in [-0.3, -0.25) is 23.7 Å². The van der Waals surface area contributed by atoms with Gasteiger partial charge in [0.25, 0.3) is 5.56 Å². The predicted molar refractivity (Wildman–Crippen MR) is 141 cm³/mol. The molecule has 1 aromatic carbocycles. The van der Waals surface area contributed by atoms with Crippen LogP contribution < -0.4 is 20.9 Å². The molecule has 5 atom stereocenters. The molecule has 1 aromatic heterocycles. The van der Waals surface area contributed by atoms with Gasteiger partial charge in [-0.05, 0) is 38.3 Å². The van der Waals surface area contributed by atoms with Crippen molar-refractivity contribution in [2.75, 3.05) is 13.7 Å². The van der Waals surface area contributed by atoms with Gasteiger partial charge in [-0.2, -0.15) is 5.09 Å². The van der Waals surface area contributed by atoms with Gasteiger partial charge < -0.3 is 24.2 Å². The highest BCUT2D eigenvalue weighted by Crippen LogP contribution is 2.45. The fraction of sp³-hybridized carbons (Fsp3) is 0.480. The van der Waals surface area contributed by atoms with E-state index in [1.807, 2.05) is 17.8 Å². The van der Waals surface area contributed by atoms with Crippen LogP contribution >= 0.6 is 7.75 Å². The molecular formula is C25H34N3O10P. The first-order valence-electron chi connectivity index (χ1n) is 12.1. The van der Waals surface area contributed by atoms with E-state index in [9.17, 15) is 29.2 Å². The monoisotopic (exact) mass is 567 g/mol. The number of aliphatic hydroxyl groups excluding tert-OH is 1. The summed E-state index contributed by atoms with van der Waals surface area (Å²) in [5, 5.41) is 24.6. The van der Waals surface area contributed by atoms with Gasteiger partial charge in [0.1, 0.15) is 24.0 Å². The van der Waals surface area contributed by atoms with E-state index < -0.39 is 61.7 Å². The Morgan fingerprint density at radius 2 is 1.92 bits per heavy atom.